The molecule has 4 rings (SSSR count). The number of sulfone groups is 1. The van der Waals surface area contributed by atoms with Crippen molar-refractivity contribution in [2.75, 3.05) is 18.0 Å². The van der Waals surface area contributed by atoms with Gasteiger partial charge >= 0.3 is 0 Å². The molecular weight excluding hydrogens is 410 g/mol. The number of fused-ring (bicyclic) bond motifs is 1. The minimum absolute atomic E-state index is 0.0107. The van der Waals surface area contributed by atoms with Crippen LogP contribution in [-0.2, 0) is 15.6 Å². The van der Waals surface area contributed by atoms with Crippen LogP contribution in [0.5, 0.6) is 0 Å². The molecule has 10 heteroatoms. The Kier molecular flexibility index (Phi) is 4.72. The maximum absolute atomic E-state index is 14.4. The molecule has 0 spiro atoms. The van der Waals surface area contributed by atoms with E-state index in [0.717, 1.165) is 17.4 Å². The maximum atomic E-state index is 14.4. The smallest absolute Gasteiger partial charge is 0.255 e. The van der Waals surface area contributed by atoms with Crippen LogP contribution in [0, 0.1) is 5.82 Å². The number of hydrogen-bond donors (Lipinski definition) is 2. The predicted octanol–water partition coefficient (Wildman–Crippen LogP) is 2.22. The number of benzene rings is 1. The first-order valence-electron chi connectivity index (χ1n) is 8.44. The number of rotatable bonds is 4. The number of H-pyrrole nitrogens is 1. The summed E-state index contributed by atoms with van der Waals surface area (Å²) in [4.78, 5) is 16.0. The number of pyridine rings is 1. The van der Waals surface area contributed by atoms with E-state index in [1.54, 1.807) is 11.0 Å². The molecular formula is C18H16F2N2O4S2. The fraction of sp³-hybridized carbons (Fsp3) is 0.278. The molecule has 0 aliphatic carbocycles. The van der Waals surface area contributed by atoms with Crippen LogP contribution < -0.4 is 10.5 Å². The lowest BCUT2D eigenvalue weighted by atomic mass is 10.1. The van der Waals surface area contributed by atoms with E-state index in [-0.39, 0.29) is 28.2 Å². The molecule has 28 heavy (non-hydrogen) atoms. The van der Waals surface area contributed by atoms with Crippen LogP contribution in [0.4, 0.5) is 13.8 Å². The van der Waals surface area contributed by atoms with Gasteiger partial charge in [-0.3, -0.25) is 4.79 Å². The summed E-state index contributed by atoms with van der Waals surface area (Å²) in [5, 5.41) is 10.6. The van der Waals surface area contributed by atoms with Gasteiger partial charge in [0.25, 0.3) is 5.56 Å². The fourth-order valence-electron chi connectivity index (χ4n) is 3.21. The summed E-state index contributed by atoms with van der Waals surface area (Å²) >= 11 is 0.943. The van der Waals surface area contributed by atoms with Crippen LogP contribution in [0.3, 0.4) is 0 Å². The molecule has 1 fully saturated rings. The molecule has 148 valence electrons. The van der Waals surface area contributed by atoms with Crippen LogP contribution in [0.1, 0.15) is 5.56 Å². The number of halogens is 2. The maximum Gasteiger partial charge on any atom is 0.255 e. The van der Waals surface area contributed by atoms with Crippen LogP contribution in [0.15, 0.2) is 45.5 Å². The average Bonchev–Trinajstić information content (AvgIpc) is 3.24. The van der Waals surface area contributed by atoms with Crippen LogP contribution >= 0.6 is 11.3 Å². The van der Waals surface area contributed by atoms with Crippen molar-refractivity contribution in [3.8, 4) is 0 Å². The van der Waals surface area contributed by atoms with E-state index < -0.39 is 39.2 Å². The van der Waals surface area contributed by atoms with Gasteiger partial charge in [0.05, 0.1) is 17.3 Å². The first-order valence-corrected chi connectivity index (χ1v) is 10.9. The van der Waals surface area contributed by atoms with Crippen molar-refractivity contribution < 1.29 is 22.3 Å². The van der Waals surface area contributed by atoms with Crippen LogP contribution in [0.2, 0.25) is 0 Å². The highest BCUT2D eigenvalue weighted by molar-refractivity contribution is 7.92. The quantitative estimate of drug-likeness (QED) is 0.668. The van der Waals surface area contributed by atoms with Crippen LogP contribution in [0.25, 0.3) is 10.8 Å². The molecule has 1 aliphatic heterocycles. The molecule has 0 radical (unpaired) electrons. The lowest BCUT2D eigenvalue weighted by Crippen LogP contribution is -2.20. The SMILES string of the molecule is O=c1[nH]ccc2cc(F)c(CS(=O)(=O)c3ccc(N4C[C@@H](O)[C@H](F)C4)s3)cc12. The highest BCUT2D eigenvalue weighted by Gasteiger charge is 2.32. The Balaban J connectivity index is 1.63. The minimum atomic E-state index is -3.87. The van der Waals surface area contributed by atoms with Crippen molar-refractivity contribution in [3.05, 3.63) is 58.3 Å². The van der Waals surface area contributed by atoms with Gasteiger partial charge in [-0.05, 0) is 35.7 Å². The number of β-amino-alcohol motifs (C(OH)–C–C–N with tert-alkyl or cyclic N) is 1. The number of nitrogens with zero attached hydrogens (tertiary/aromatic N) is 1. The highest BCUT2D eigenvalue weighted by atomic mass is 32.2. The standard InChI is InChI=1S/C18H16F2N2O4S2/c19-13-6-10-3-4-21-18(24)12(10)5-11(13)9-28(25,26)17-2-1-16(27-17)22-7-14(20)15(23)8-22/h1-6,14-15,23H,7-9H2,(H,21,24)/t14-,15-/m1/s1. The summed E-state index contributed by atoms with van der Waals surface area (Å²) < 4.78 is 53.4. The zero-order valence-corrected chi connectivity index (χ0v) is 16.1. The normalized spacial score (nSPS) is 20.2. The Morgan fingerprint density at radius 3 is 2.75 bits per heavy atom. The Hall–Kier alpha value is -2.30. The van der Waals surface area contributed by atoms with E-state index in [9.17, 15) is 27.1 Å². The first-order chi connectivity index (χ1) is 13.2. The van der Waals surface area contributed by atoms with E-state index >= 15 is 0 Å². The van der Waals surface area contributed by atoms with Gasteiger partial charge in [-0.25, -0.2) is 17.2 Å². The van der Waals surface area contributed by atoms with E-state index in [1.807, 2.05) is 0 Å². The Morgan fingerprint density at radius 1 is 1.25 bits per heavy atom. The van der Waals surface area contributed by atoms with Gasteiger partial charge in [0.15, 0.2) is 9.84 Å². The number of hydrogen-bond acceptors (Lipinski definition) is 6. The topological polar surface area (TPSA) is 90.5 Å². The Labute approximate surface area is 163 Å². The molecule has 0 amide bonds. The minimum Gasteiger partial charge on any atom is -0.388 e. The van der Waals surface area contributed by atoms with Gasteiger partial charge in [-0.1, -0.05) is 0 Å². The van der Waals surface area contributed by atoms with E-state index in [0.29, 0.717) is 10.4 Å². The number of thiophene rings is 1. The fourth-order valence-corrected chi connectivity index (χ4v) is 5.96. The van der Waals surface area contributed by atoms with Crippen molar-refractivity contribution in [2.45, 2.75) is 22.2 Å². The predicted molar refractivity (Wildman–Crippen MR) is 103 cm³/mol. The van der Waals surface area contributed by atoms with Crippen molar-refractivity contribution >= 4 is 36.9 Å². The second-order valence-electron chi connectivity index (χ2n) is 6.68. The van der Waals surface area contributed by atoms with E-state index in [1.165, 1.54) is 24.4 Å². The van der Waals surface area contributed by atoms with Crippen molar-refractivity contribution in [2.24, 2.45) is 0 Å². The summed E-state index contributed by atoms with van der Waals surface area (Å²) in [5.74, 6) is -1.31. The number of alkyl halides is 1. The molecule has 2 atom stereocenters. The molecule has 1 aliphatic rings. The second-order valence-corrected chi connectivity index (χ2v) is 9.96. The highest BCUT2D eigenvalue weighted by Crippen LogP contribution is 2.34. The molecule has 1 saturated heterocycles. The third-order valence-corrected chi connectivity index (χ3v) is 8.08. The third kappa shape index (κ3) is 3.43. The summed E-state index contributed by atoms with van der Waals surface area (Å²) in [7, 11) is -3.87. The lowest BCUT2D eigenvalue weighted by molar-refractivity contribution is 0.118. The molecule has 0 bridgehead atoms. The summed E-state index contributed by atoms with van der Waals surface area (Å²) in [6.07, 6.45) is -1.09. The summed E-state index contributed by atoms with van der Waals surface area (Å²) in [6, 6.07) is 6.86. The number of aromatic nitrogens is 1. The van der Waals surface area contributed by atoms with Gasteiger partial charge in [-0.2, -0.15) is 0 Å². The van der Waals surface area contributed by atoms with Crippen molar-refractivity contribution in [1.29, 1.82) is 0 Å². The molecule has 1 aromatic carbocycles. The Bertz CT molecular complexity index is 1200. The van der Waals surface area contributed by atoms with Crippen LogP contribution in [-0.4, -0.2) is 43.9 Å². The molecule has 3 heterocycles. The first kappa shape index (κ1) is 19.0. The second kappa shape index (κ2) is 6.94. The number of nitrogens with one attached hydrogen (secondary N) is 1. The van der Waals surface area contributed by atoms with Gasteiger partial charge in [0, 0.05) is 23.7 Å². The van der Waals surface area contributed by atoms with Gasteiger partial charge in [0.2, 0.25) is 0 Å². The van der Waals surface area contributed by atoms with Crippen molar-refractivity contribution in [1.82, 2.24) is 4.98 Å². The third-order valence-electron chi connectivity index (χ3n) is 4.69. The number of anilines is 1. The lowest BCUT2D eigenvalue weighted by Gasteiger charge is -2.14. The monoisotopic (exact) mass is 426 g/mol. The number of aromatic amines is 1. The molecule has 0 saturated carbocycles. The van der Waals surface area contributed by atoms with Gasteiger partial charge < -0.3 is 15.0 Å². The molecule has 0 unspecified atom stereocenters. The molecule has 2 N–H and O–H groups in total. The van der Waals surface area contributed by atoms with E-state index in [4.69, 9.17) is 0 Å². The molecule has 3 aromatic rings. The Morgan fingerprint density at radius 2 is 2.04 bits per heavy atom. The largest absolute Gasteiger partial charge is 0.388 e. The van der Waals surface area contributed by atoms with Crippen molar-refractivity contribution in [3.63, 3.8) is 0 Å². The summed E-state index contributed by atoms with van der Waals surface area (Å²) in [5.41, 5.74) is -0.525. The zero-order chi connectivity index (χ0) is 20.1. The van der Waals surface area contributed by atoms with Gasteiger partial charge in [0.1, 0.15) is 22.3 Å². The molecule has 6 nitrogen and oxygen atoms in total. The van der Waals surface area contributed by atoms with Gasteiger partial charge in [-0.15, -0.1) is 11.3 Å². The van der Waals surface area contributed by atoms with E-state index in [2.05, 4.69) is 4.98 Å². The number of aliphatic hydroxyl groups excluding tert-OH is 1. The summed E-state index contributed by atoms with van der Waals surface area (Å²) in [6.45, 7) is 0.0759. The zero-order valence-electron chi connectivity index (χ0n) is 14.4. The number of aliphatic hydroxyl groups is 1. The molecule has 2 aromatic heterocycles. The average molecular weight is 426 g/mol.